The smallest absolute Gasteiger partial charge is 0.273 e. The van der Waals surface area contributed by atoms with Gasteiger partial charge >= 0.3 is 0 Å². The summed E-state index contributed by atoms with van der Waals surface area (Å²) in [6.07, 6.45) is -0.951. The van der Waals surface area contributed by atoms with E-state index >= 15 is 0 Å². The quantitative estimate of drug-likeness (QED) is 0.392. The molecular weight excluding hydrogens is 489 g/mol. The van der Waals surface area contributed by atoms with Crippen LogP contribution in [0.4, 0.5) is 29.8 Å². The molecule has 0 spiro atoms. The molecule has 10 nitrogen and oxygen atoms in total. The standard InChI is InChI=1S/C21H19F3N6O4S/c1-9(18(26)32)30(12-4-2-10(22)3-5-12)20-28-17(25)16(35-20)15(31)14-6-13(29-34-14)19(33)27-11-7-21(23,24)8-11/h2-6,9,11H,7-8,25H2,1H3,(H2,26,32)(H,27,33). The van der Waals surface area contributed by atoms with E-state index in [4.69, 9.17) is 16.0 Å². The molecule has 1 aliphatic carbocycles. The highest BCUT2D eigenvalue weighted by Gasteiger charge is 2.46. The predicted molar refractivity (Wildman–Crippen MR) is 119 cm³/mol. The van der Waals surface area contributed by atoms with Gasteiger partial charge in [-0.05, 0) is 31.2 Å². The number of benzene rings is 1. The number of nitrogen functional groups attached to an aromatic ring is 1. The van der Waals surface area contributed by atoms with Crippen LogP contribution in [0.25, 0.3) is 0 Å². The fraction of sp³-hybridized carbons (Fsp3) is 0.286. The van der Waals surface area contributed by atoms with Gasteiger partial charge in [-0.1, -0.05) is 16.5 Å². The first kappa shape index (κ1) is 24.2. The number of rotatable bonds is 8. The van der Waals surface area contributed by atoms with Crippen LogP contribution in [0.5, 0.6) is 0 Å². The molecule has 5 N–H and O–H groups in total. The number of amides is 2. The third kappa shape index (κ3) is 4.96. The summed E-state index contributed by atoms with van der Waals surface area (Å²) in [5, 5.41) is 6.05. The average Bonchev–Trinajstić information content (AvgIpc) is 3.41. The van der Waals surface area contributed by atoms with Gasteiger partial charge in [0.05, 0.1) is 0 Å². The molecule has 1 saturated carbocycles. The summed E-state index contributed by atoms with van der Waals surface area (Å²) in [7, 11) is 0. The third-order valence-corrected chi connectivity index (χ3v) is 6.42. The first-order valence-electron chi connectivity index (χ1n) is 10.3. The molecule has 1 unspecified atom stereocenters. The van der Waals surface area contributed by atoms with E-state index in [9.17, 15) is 27.6 Å². The first-order valence-corrected chi connectivity index (χ1v) is 11.1. The summed E-state index contributed by atoms with van der Waals surface area (Å²) in [6, 6.07) is 4.64. The maximum absolute atomic E-state index is 13.4. The van der Waals surface area contributed by atoms with Crippen molar-refractivity contribution in [3.8, 4) is 0 Å². The van der Waals surface area contributed by atoms with Crippen molar-refractivity contribution in [2.24, 2.45) is 5.73 Å². The SMILES string of the molecule is CC(C(N)=O)N(c1ccc(F)cc1)c1nc(N)c(C(=O)c2cc(C(=O)NC3CC(F)(F)C3)no2)s1. The van der Waals surface area contributed by atoms with Crippen LogP contribution in [0.15, 0.2) is 34.9 Å². The molecule has 1 fully saturated rings. The number of alkyl halides is 2. The molecule has 184 valence electrons. The van der Waals surface area contributed by atoms with E-state index in [2.05, 4.69) is 15.5 Å². The zero-order valence-electron chi connectivity index (χ0n) is 18.1. The number of carbonyl (C=O) groups excluding carboxylic acids is 3. The number of thiazole rings is 1. The first-order chi connectivity index (χ1) is 16.4. The Morgan fingerprint density at radius 1 is 1.26 bits per heavy atom. The molecule has 0 aliphatic heterocycles. The van der Waals surface area contributed by atoms with Crippen LogP contribution in [0.3, 0.4) is 0 Å². The fourth-order valence-corrected chi connectivity index (χ4v) is 4.47. The van der Waals surface area contributed by atoms with E-state index in [1.165, 1.54) is 36.1 Å². The van der Waals surface area contributed by atoms with Crippen molar-refractivity contribution in [1.82, 2.24) is 15.5 Å². The molecule has 1 aromatic carbocycles. The Morgan fingerprint density at radius 3 is 2.51 bits per heavy atom. The summed E-state index contributed by atoms with van der Waals surface area (Å²) >= 11 is 0.823. The number of aromatic nitrogens is 2. The van der Waals surface area contributed by atoms with Crippen molar-refractivity contribution in [1.29, 1.82) is 0 Å². The number of ketones is 1. The Labute approximate surface area is 200 Å². The molecular formula is C21H19F3N6O4S. The minimum atomic E-state index is -2.81. The molecule has 35 heavy (non-hydrogen) atoms. The van der Waals surface area contributed by atoms with Crippen LogP contribution >= 0.6 is 11.3 Å². The van der Waals surface area contributed by atoms with Crippen molar-refractivity contribution in [2.75, 3.05) is 10.6 Å². The van der Waals surface area contributed by atoms with Gasteiger partial charge in [-0.25, -0.2) is 18.2 Å². The second kappa shape index (κ2) is 9.02. The van der Waals surface area contributed by atoms with Gasteiger partial charge in [0, 0.05) is 30.6 Å². The predicted octanol–water partition coefficient (Wildman–Crippen LogP) is 2.62. The Morgan fingerprint density at radius 2 is 1.91 bits per heavy atom. The molecule has 1 atom stereocenters. The molecule has 0 radical (unpaired) electrons. The van der Waals surface area contributed by atoms with E-state index in [1.807, 2.05) is 0 Å². The molecule has 2 aromatic heterocycles. The van der Waals surface area contributed by atoms with E-state index < -0.39 is 54.3 Å². The Hall–Kier alpha value is -3.94. The molecule has 14 heteroatoms. The van der Waals surface area contributed by atoms with Gasteiger partial charge in [0.1, 0.15) is 22.6 Å². The highest BCUT2D eigenvalue weighted by atomic mass is 32.1. The molecule has 2 amide bonds. The zero-order chi connectivity index (χ0) is 25.5. The number of nitrogens with one attached hydrogen (secondary N) is 1. The molecule has 1 aliphatic rings. The topological polar surface area (TPSA) is 157 Å². The van der Waals surface area contributed by atoms with Gasteiger partial charge in [-0.3, -0.25) is 14.4 Å². The van der Waals surface area contributed by atoms with Crippen molar-refractivity contribution < 1.29 is 32.1 Å². The average molecular weight is 508 g/mol. The summed E-state index contributed by atoms with van der Waals surface area (Å²) in [5.41, 5.74) is 11.5. The summed E-state index contributed by atoms with van der Waals surface area (Å²) in [5.74, 6) is -6.01. The Bertz CT molecular complexity index is 1280. The maximum Gasteiger partial charge on any atom is 0.273 e. The second-order valence-electron chi connectivity index (χ2n) is 7.98. The second-order valence-corrected chi connectivity index (χ2v) is 8.95. The molecule has 3 aromatic rings. The van der Waals surface area contributed by atoms with Crippen LogP contribution in [0.2, 0.25) is 0 Å². The van der Waals surface area contributed by atoms with Crippen molar-refractivity contribution in [3.63, 3.8) is 0 Å². The van der Waals surface area contributed by atoms with Gasteiger partial charge in [0.15, 0.2) is 10.8 Å². The van der Waals surface area contributed by atoms with E-state index in [0.29, 0.717) is 5.69 Å². The third-order valence-electron chi connectivity index (χ3n) is 5.35. The lowest BCUT2D eigenvalue weighted by Gasteiger charge is -2.34. The molecule has 4 rings (SSSR count). The molecule has 2 heterocycles. The van der Waals surface area contributed by atoms with Crippen LogP contribution in [-0.2, 0) is 4.79 Å². The van der Waals surface area contributed by atoms with Crippen LogP contribution < -0.4 is 21.7 Å². The fourth-order valence-electron chi connectivity index (χ4n) is 3.44. The van der Waals surface area contributed by atoms with Crippen LogP contribution in [0.1, 0.15) is 45.7 Å². The lowest BCUT2D eigenvalue weighted by molar-refractivity contribution is -0.118. The van der Waals surface area contributed by atoms with Crippen LogP contribution in [0, 0.1) is 5.82 Å². The monoisotopic (exact) mass is 508 g/mol. The van der Waals surface area contributed by atoms with Gasteiger partial charge < -0.3 is 26.2 Å². The normalized spacial score (nSPS) is 15.8. The van der Waals surface area contributed by atoms with Gasteiger partial charge in [-0.15, -0.1) is 0 Å². The summed E-state index contributed by atoms with van der Waals surface area (Å²) in [6.45, 7) is 1.50. The Kier molecular flexibility index (Phi) is 6.23. The van der Waals surface area contributed by atoms with E-state index in [0.717, 1.165) is 17.4 Å². The zero-order valence-corrected chi connectivity index (χ0v) is 18.9. The lowest BCUT2D eigenvalue weighted by Crippen LogP contribution is -2.50. The number of nitrogens with two attached hydrogens (primary N) is 2. The number of primary amides is 1. The van der Waals surface area contributed by atoms with Crippen molar-refractivity contribution in [2.45, 2.75) is 37.8 Å². The number of hydrogen-bond donors (Lipinski definition) is 3. The number of hydrogen-bond acceptors (Lipinski definition) is 9. The lowest BCUT2D eigenvalue weighted by atomic mass is 9.88. The van der Waals surface area contributed by atoms with Gasteiger partial charge in [-0.2, -0.15) is 0 Å². The summed E-state index contributed by atoms with van der Waals surface area (Å²) in [4.78, 5) is 42.6. The minimum Gasteiger partial charge on any atom is -0.382 e. The highest BCUT2D eigenvalue weighted by Crippen LogP contribution is 2.38. The maximum atomic E-state index is 13.4. The van der Waals surface area contributed by atoms with Crippen molar-refractivity contribution >= 4 is 45.6 Å². The van der Waals surface area contributed by atoms with Crippen LogP contribution in [-0.4, -0.2) is 45.7 Å². The Balaban J connectivity index is 1.56. The largest absolute Gasteiger partial charge is 0.382 e. The molecule has 0 saturated heterocycles. The van der Waals surface area contributed by atoms with E-state index in [-0.39, 0.29) is 27.3 Å². The van der Waals surface area contributed by atoms with E-state index in [1.54, 1.807) is 0 Å². The minimum absolute atomic E-state index is 0.0643. The van der Waals surface area contributed by atoms with Crippen molar-refractivity contribution in [3.05, 3.63) is 52.5 Å². The molecule has 0 bridgehead atoms. The highest BCUT2D eigenvalue weighted by molar-refractivity contribution is 7.18. The van der Waals surface area contributed by atoms with Gasteiger partial charge in [0.25, 0.3) is 11.8 Å². The number of carbonyl (C=O) groups is 3. The summed E-state index contributed by atoms with van der Waals surface area (Å²) < 4.78 is 44.3. The number of anilines is 3. The number of nitrogens with zero attached hydrogens (tertiary/aromatic N) is 3. The van der Waals surface area contributed by atoms with Gasteiger partial charge in [0.2, 0.25) is 17.5 Å². The number of halogens is 3.